The van der Waals surface area contributed by atoms with E-state index < -0.39 is 0 Å². The van der Waals surface area contributed by atoms with E-state index in [-0.39, 0.29) is 5.91 Å². The number of nitrogens with one attached hydrogen (secondary N) is 1. The van der Waals surface area contributed by atoms with Gasteiger partial charge in [-0.1, -0.05) is 29.8 Å². The van der Waals surface area contributed by atoms with E-state index in [0.717, 1.165) is 16.9 Å². The molecular weight excluding hydrogens is 236 g/mol. The number of aliphatic imine (C=N–C) groups is 1. The van der Waals surface area contributed by atoms with Crippen LogP contribution in [0.2, 0.25) is 0 Å². The average Bonchev–Trinajstić information content (AvgIpc) is 2.39. The van der Waals surface area contributed by atoms with Crippen molar-refractivity contribution in [1.29, 1.82) is 0 Å². The van der Waals surface area contributed by atoms with E-state index in [1.54, 1.807) is 0 Å². The largest absolute Gasteiger partial charge is 0.326 e. The lowest BCUT2D eigenvalue weighted by Crippen LogP contribution is -2.04. The number of hydrogen-bond acceptors (Lipinski definition) is 2. The normalized spacial score (nSPS) is 10.6. The molecule has 0 spiro atoms. The number of rotatable bonds is 3. The quantitative estimate of drug-likeness (QED) is 0.831. The van der Waals surface area contributed by atoms with Crippen LogP contribution in [0.4, 0.5) is 11.4 Å². The molecule has 0 unspecified atom stereocenters. The zero-order valence-corrected chi connectivity index (χ0v) is 11.1. The summed E-state index contributed by atoms with van der Waals surface area (Å²) >= 11 is 0. The van der Waals surface area contributed by atoms with Crippen molar-refractivity contribution in [3.05, 3.63) is 59.7 Å². The molecule has 1 N–H and O–H groups in total. The number of carbonyl (C=O) groups is 1. The molecule has 2 rings (SSSR count). The zero-order chi connectivity index (χ0) is 13.7. The zero-order valence-electron chi connectivity index (χ0n) is 11.1. The highest BCUT2D eigenvalue weighted by molar-refractivity contribution is 5.89. The molecule has 0 fully saturated rings. The lowest BCUT2D eigenvalue weighted by atomic mass is 10.2. The second-order valence-electron chi connectivity index (χ2n) is 4.40. The molecule has 0 aliphatic heterocycles. The maximum absolute atomic E-state index is 10.9. The Bertz CT molecular complexity index is 583. The van der Waals surface area contributed by atoms with Crippen molar-refractivity contribution in [2.45, 2.75) is 13.8 Å². The van der Waals surface area contributed by atoms with Crippen LogP contribution in [0.15, 0.2) is 53.5 Å². The van der Waals surface area contributed by atoms with Crippen LogP contribution in [0, 0.1) is 6.92 Å². The number of anilines is 1. The smallest absolute Gasteiger partial charge is 0.221 e. The molecule has 0 radical (unpaired) electrons. The van der Waals surface area contributed by atoms with Crippen molar-refractivity contribution >= 4 is 23.5 Å². The summed E-state index contributed by atoms with van der Waals surface area (Å²) in [5, 5.41) is 2.72. The Balaban J connectivity index is 2.06. The summed E-state index contributed by atoms with van der Waals surface area (Å²) in [5.74, 6) is -0.0732. The van der Waals surface area contributed by atoms with E-state index >= 15 is 0 Å². The highest BCUT2D eigenvalue weighted by Crippen LogP contribution is 2.16. The van der Waals surface area contributed by atoms with Gasteiger partial charge in [0, 0.05) is 18.8 Å². The lowest BCUT2D eigenvalue weighted by molar-refractivity contribution is -0.114. The standard InChI is InChI=1S/C16H16N2O/c1-12-3-5-14(6-4-12)11-17-15-7-9-16(10-8-15)18-13(2)19/h3-11H,1-2H3,(H,18,19). The van der Waals surface area contributed by atoms with Crippen LogP contribution >= 0.6 is 0 Å². The summed E-state index contributed by atoms with van der Waals surface area (Å²) in [6.07, 6.45) is 1.83. The highest BCUT2D eigenvalue weighted by atomic mass is 16.1. The van der Waals surface area contributed by atoms with Crippen molar-refractivity contribution < 1.29 is 4.79 Å². The molecule has 1 amide bonds. The maximum Gasteiger partial charge on any atom is 0.221 e. The predicted molar refractivity (Wildman–Crippen MR) is 79.2 cm³/mol. The van der Waals surface area contributed by atoms with Gasteiger partial charge in [0.1, 0.15) is 0 Å². The van der Waals surface area contributed by atoms with Gasteiger partial charge in [-0.3, -0.25) is 9.79 Å². The molecule has 0 saturated carbocycles. The van der Waals surface area contributed by atoms with E-state index in [0.29, 0.717) is 0 Å². The van der Waals surface area contributed by atoms with Gasteiger partial charge >= 0.3 is 0 Å². The number of benzene rings is 2. The molecule has 19 heavy (non-hydrogen) atoms. The Hall–Kier alpha value is -2.42. The number of nitrogens with zero attached hydrogens (tertiary/aromatic N) is 1. The molecule has 0 saturated heterocycles. The van der Waals surface area contributed by atoms with Crippen LogP contribution in [0.25, 0.3) is 0 Å². The molecule has 0 aliphatic rings. The van der Waals surface area contributed by atoms with E-state index in [1.165, 1.54) is 12.5 Å². The number of amides is 1. The van der Waals surface area contributed by atoms with E-state index in [4.69, 9.17) is 0 Å². The first kappa shape index (κ1) is 13.0. The molecule has 0 aliphatic carbocycles. The van der Waals surface area contributed by atoms with Gasteiger partial charge in [-0.05, 0) is 36.8 Å². The molecule has 2 aromatic rings. The first-order valence-corrected chi connectivity index (χ1v) is 6.12. The van der Waals surface area contributed by atoms with Gasteiger partial charge in [0.05, 0.1) is 5.69 Å². The SMILES string of the molecule is CC(=O)Nc1ccc(N=Cc2ccc(C)cc2)cc1. The van der Waals surface area contributed by atoms with Crippen molar-refractivity contribution in [3.63, 3.8) is 0 Å². The summed E-state index contributed by atoms with van der Waals surface area (Å²) in [7, 11) is 0. The first-order valence-electron chi connectivity index (χ1n) is 6.12. The summed E-state index contributed by atoms with van der Waals surface area (Å²) in [4.78, 5) is 15.3. The van der Waals surface area contributed by atoms with E-state index in [9.17, 15) is 4.79 Å². The van der Waals surface area contributed by atoms with Crippen LogP contribution in [-0.4, -0.2) is 12.1 Å². The van der Waals surface area contributed by atoms with Crippen molar-refractivity contribution in [3.8, 4) is 0 Å². The summed E-state index contributed by atoms with van der Waals surface area (Å²) in [6.45, 7) is 3.55. The van der Waals surface area contributed by atoms with Crippen LogP contribution < -0.4 is 5.32 Å². The van der Waals surface area contributed by atoms with Crippen molar-refractivity contribution in [1.82, 2.24) is 0 Å². The molecular formula is C16H16N2O. The van der Waals surface area contributed by atoms with Gasteiger partial charge in [0.2, 0.25) is 5.91 Å². The van der Waals surface area contributed by atoms with Crippen LogP contribution in [0.5, 0.6) is 0 Å². The first-order chi connectivity index (χ1) is 9.13. The highest BCUT2D eigenvalue weighted by Gasteiger charge is 1.95. The van der Waals surface area contributed by atoms with Crippen molar-refractivity contribution in [2.75, 3.05) is 5.32 Å². The van der Waals surface area contributed by atoms with Crippen LogP contribution in [0.3, 0.4) is 0 Å². The summed E-state index contributed by atoms with van der Waals surface area (Å²) in [5.41, 5.74) is 3.94. The minimum absolute atomic E-state index is 0.0732. The minimum Gasteiger partial charge on any atom is -0.326 e. The Kier molecular flexibility index (Phi) is 4.08. The summed E-state index contributed by atoms with van der Waals surface area (Å²) in [6, 6.07) is 15.6. The number of carbonyl (C=O) groups excluding carboxylic acids is 1. The Labute approximate surface area is 113 Å². The van der Waals surface area contributed by atoms with Gasteiger partial charge < -0.3 is 5.32 Å². The van der Waals surface area contributed by atoms with E-state index in [2.05, 4.69) is 29.4 Å². The van der Waals surface area contributed by atoms with Gasteiger partial charge in [-0.15, -0.1) is 0 Å². The topological polar surface area (TPSA) is 41.5 Å². The maximum atomic E-state index is 10.9. The van der Waals surface area contributed by atoms with Gasteiger partial charge in [0.25, 0.3) is 0 Å². The number of aryl methyl sites for hydroxylation is 1. The van der Waals surface area contributed by atoms with E-state index in [1.807, 2.05) is 42.6 Å². The Morgan fingerprint density at radius 2 is 1.68 bits per heavy atom. The number of hydrogen-bond donors (Lipinski definition) is 1. The monoisotopic (exact) mass is 252 g/mol. The molecule has 0 bridgehead atoms. The average molecular weight is 252 g/mol. The predicted octanol–water partition coefficient (Wildman–Crippen LogP) is 3.70. The van der Waals surface area contributed by atoms with Gasteiger partial charge in [0.15, 0.2) is 0 Å². The minimum atomic E-state index is -0.0732. The second-order valence-corrected chi connectivity index (χ2v) is 4.40. The molecule has 3 heteroatoms. The van der Waals surface area contributed by atoms with Gasteiger partial charge in [-0.2, -0.15) is 0 Å². The molecule has 2 aromatic carbocycles. The third-order valence-corrected chi connectivity index (χ3v) is 2.63. The third kappa shape index (κ3) is 4.07. The molecule has 3 nitrogen and oxygen atoms in total. The fraction of sp³-hybridized carbons (Fsp3) is 0.125. The Morgan fingerprint density at radius 1 is 1.05 bits per heavy atom. The summed E-state index contributed by atoms with van der Waals surface area (Å²) < 4.78 is 0. The fourth-order valence-electron chi connectivity index (χ4n) is 1.64. The lowest BCUT2D eigenvalue weighted by Gasteiger charge is -2.01. The van der Waals surface area contributed by atoms with Crippen LogP contribution in [-0.2, 0) is 4.79 Å². The third-order valence-electron chi connectivity index (χ3n) is 2.63. The molecule has 0 aromatic heterocycles. The molecule has 0 atom stereocenters. The molecule has 0 heterocycles. The van der Waals surface area contributed by atoms with Crippen molar-refractivity contribution in [2.24, 2.45) is 4.99 Å². The van der Waals surface area contributed by atoms with Crippen LogP contribution in [0.1, 0.15) is 18.1 Å². The Morgan fingerprint density at radius 3 is 2.26 bits per heavy atom. The second kappa shape index (κ2) is 5.96. The molecule has 96 valence electrons. The fourth-order valence-corrected chi connectivity index (χ4v) is 1.64. The van der Waals surface area contributed by atoms with Gasteiger partial charge in [-0.25, -0.2) is 0 Å².